The molecule has 3 rings (SSSR count). The molecule has 0 spiro atoms. The highest BCUT2D eigenvalue weighted by molar-refractivity contribution is 7.90. The Kier molecular flexibility index (Phi) is 3.60. The number of sulfone groups is 1. The fourth-order valence-corrected chi connectivity index (χ4v) is 3.85. The Morgan fingerprint density at radius 2 is 1.91 bits per heavy atom. The molecule has 2 aromatic rings. The number of fused-ring (bicyclic) bond motifs is 1. The van der Waals surface area contributed by atoms with Crippen LogP contribution in [0.3, 0.4) is 0 Å². The molecule has 6 nitrogen and oxygen atoms in total. The van der Waals surface area contributed by atoms with Crippen molar-refractivity contribution in [3.8, 4) is 11.5 Å². The van der Waals surface area contributed by atoms with E-state index in [4.69, 9.17) is 4.65 Å². The van der Waals surface area contributed by atoms with Gasteiger partial charge in [0.2, 0.25) is 0 Å². The Balaban J connectivity index is 1.93. The van der Waals surface area contributed by atoms with Crippen molar-refractivity contribution >= 4 is 22.4 Å². The minimum Gasteiger partial charge on any atom is -0.508 e. The molecule has 0 atom stereocenters. The van der Waals surface area contributed by atoms with Gasteiger partial charge in [-0.05, 0) is 28.7 Å². The molecule has 0 saturated heterocycles. The normalized spacial score (nSPS) is 14.1. The summed E-state index contributed by atoms with van der Waals surface area (Å²) in [6.45, 7) is 0.294. The zero-order valence-electron chi connectivity index (χ0n) is 11.4. The zero-order chi connectivity index (χ0) is 15.9. The number of hydrogen-bond donors (Lipinski definition) is 3. The molecule has 0 aromatic heterocycles. The molecule has 0 aliphatic carbocycles. The van der Waals surface area contributed by atoms with Crippen molar-refractivity contribution in [3.05, 3.63) is 47.5 Å². The molecule has 0 radical (unpaired) electrons. The van der Waals surface area contributed by atoms with Crippen molar-refractivity contribution in [1.82, 2.24) is 0 Å². The lowest BCUT2D eigenvalue weighted by atomic mass is 9.79. The smallest absolute Gasteiger partial charge is 0.491 e. The molecule has 1 aliphatic heterocycles. The average molecular weight is 320 g/mol. The highest BCUT2D eigenvalue weighted by Crippen LogP contribution is 2.29. The van der Waals surface area contributed by atoms with Crippen LogP contribution >= 0.6 is 0 Å². The maximum Gasteiger partial charge on any atom is 0.491 e. The molecular weight excluding hydrogens is 307 g/mol. The first-order valence-electron chi connectivity index (χ1n) is 6.53. The van der Waals surface area contributed by atoms with Crippen LogP contribution in [0.5, 0.6) is 11.5 Å². The van der Waals surface area contributed by atoms with Crippen molar-refractivity contribution in [2.75, 3.05) is 0 Å². The Hall–Kier alpha value is -2.03. The minimum absolute atomic E-state index is 0.214. The van der Waals surface area contributed by atoms with E-state index in [9.17, 15) is 23.7 Å². The SMILES string of the molecule is O=S(=O)(Cc1ccc2c(c1)B(O)OC2)c1ccc(O)cc1O. The molecule has 8 heteroatoms. The molecule has 1 aliphatic rings. The maximum atomic E-state index is 12.4. The van der Waals surface area contributed by atoms with Gasteiger partial charge in [0.25, 0.3) is 0 Å². The molecule has 0 bridgehead atoms. The average Bonchev–Trinajstić information content (AvgIpc) is 2.79. The summed E-state index contributed by atoms with van der Waals surface area (Å²) in [6.07, 6.45) is 0. The largest absolute Gasteiger partial charge is 0.508 e. The fourth-order valence-electron chi connectivity index (χ4n) is 2.42. The number of hydrogen-bond acceptors (Lipinski definition) is 6. The summed E-state index contributed by atoms with van der Waals surface area (Å²) in [5.74, 6) is -1.04. The van der Waals surface area contributed by atoms with E-state index in [1.54, 1.807) is 18.2 Å². The summed E-state index contributed by atoms with van der Waals surface area (Å²) >= 11 is 0. The molecule has 0 saturated carbocycles. The summed E-state index contributed by atoms with van der Waals surface area (Å²) in [6, 6.07) is 8.29. The second-order valence-corrected chi connectivity index (χ2v) is 7.07. The highest BCUT2D eigenvalue weighted by Gasteiger charge is 2.28. The van der Waals surface area contributed by atoms with E-state index in [-0.39, 0.29) is 16.4 Å². The third-order valence-corrected chi connectivity index (χ3v) is 5.24. The van der Waals surface area contributed by atoms with Crippen LogP contribution in [0.25, 0.3) is 0 Å². The van der Waals surface area contributed by atoms with Crippen LogP contribution in [0.15, 0.2) is 41.3 Å². The number of phenolic OH excluding ortho intramolecular Hbond substituents is 2. The Morgan fingerprint density at radius 1 is 1.14 bits per heavy atom. The van der Waals surface area contributed by atoms with Crippen LogP contribution in [-0.4, -0.2) is 30.8 Å². The first-order valence-corrected chi connectivity index (χ1v) is 8.18. The van der Waals surface area contributed by atoms with Crippen LogP contribution in [-0.2, 0) is 26.9 Å². The summed E-state index contributed by atoms with van der Waals surface area (Å²) in [5, 5.41) is 28.6. The topological polar surface area (TPSA) is 104 Å². The van der Waals surface area contributed by atoms with Crippen LogP contribution in [0, 0.1) is 0 Å². The number of aromatic hydroxyl groups is 2. The summed E-state index contributed by atoms with van der Waals surface area (Å²) in [4.78, 5) is -0.248. The van der Waals surface area contributed by atoms with Crippen molar-refractivity contribution in [1.29, 1.82) is 0 Å². The lowest BCUT2D eigenvalue weighted by Crippen LogP contribution is -2.28. The van der Waals surface area contributed by atoms with Gasteiger partial charge in [0.05, 0.1) is 12.4 Å². The lowest BCUT2D eigenvalue weighted by molar-refractivity contribution is 0.275. The van der Waals surface area contributed by atoms with Gasteiger partial charge in [-0.3, -0.25) is 0 Å². The van der Waals surface area contributed by atoms with E-state index < -0.39 is 22.7 Å². The second kappa shape index (κ2) is 5.31. The number of benzene rings is 2. The summed E-state index contributed by atoms with van der Waals surface area (Å²) in [5.41, 5.74) is 1.86. The van der Waals surface area contributed by atoms with Crippen LogP contribution in [0.1, 0.15) is 11.1 Å². The van der Waals surface area contributed by atoms with Gasteiger partial charge in [0.1, 0.15) is 16.4 Å². The summed E-state index contributed by atoms with van der Waals surface area (Å²) in [7, 11) is -4.82. The molecule has 3 N–H and O–H groups in total. The lowest BCUT2D eigenvalue weighted by Gasteiger charge is -2.08. The fraction of sp³-hybridized carbons (Fsp3) is 0.143. The predicted octanol–water partition coefficient (Wildman–Crippen LogP) is 0.289. The monoisotopic (exact) mass is 320 g/mol. The number of rotatable bonds is 3. The molecule has 1 heterocycles. The van der Waals surface area contributed by atoms with E-state index in [1.807, 2.05) is 0 Å². The molecule has 114 valence electrons. The van der Waals surface area contributed by atoms with Gasteiger partial charge in [-0.15, -0.1) is 0 Å². The van der Waals surface area contributed by atoms with Crippen LogP contribution in [0.2, 0.25) is 0 Å². The summed E-state index contributed by atoms with van der Waals surface area (Å²) < 4.78 is 29.8. The van der Waals surface area contributed by atoms with Gasteiger partial charge in [-0.1, -0.05) is 18.2 Å². The van der Waals surface area contributed by atoms with Crippen molar-refractivity contribution < 1.29 is 28.3 Å². The van der Waals surface area contributed by atoms with Gasteiger partial charge < -0.3 is 19.9 Å². The zero-order valence-corrected chi connectivity index (χ0v) is 12.2. The highest BCUT2D eigenvalue weighted by atomic mass is 32.2. The standard InChI is InChI=1S/C14H13BO6S/c16-11-3-4-14(13(17)6-11)22(19,20)8-9-1-2-10-7-21-15(18)12(10)5-9/h1-6,16-18H,7-8H2. The van der Waals surface area contributed by atoms with E-state index >= 15 is 0 Å². The molecule has 2 aromatic carbocycles. The first-order chi connectivity index (χ1) is 10.4. The van der Waals surface area contributed by atoms with Crippen molar-refractivity contribution in [2.24, 2.45) is 0 Å². The first kappa shape index (κ1) is 14.9. The maximum absolute atomic E-state index is 12.4. The minimum atomic E-state index is -3.78. The van der Waals surface area contributed by atoms with Crippen molar-refractivity contribution in [2.45, 2.75) is 17.3 Å². The third-order valence-electron chi connectivity index (χ3n) is 3.51. The molecular formula is C14H13BO6S. The Labute approximate surface area is 127 Å². The molecule has 0 unspecified atom stereocenters. The van der Waals surface area contributed by atoms with E-state index in [0.29, 0.717) is 17.6 Å². The van der Waals surface area contributed by atoms with Gasteiger partial charge in [-0.2, -0.15) is 0 Å². The van der Waals surface area contributed by atoms with E-state index in [1.165, 1.54) is 6.07 Å². The van der Waals surface area contributed by atoms with E-state index in [0.717, 1.165) is 17.7 Å². The second-order valence-electron chi connectivity index (χ2n) is 5.11. The van der Waals surface area contributed by atoms with E-state index in [2.05, 4.69) is 0 Å². The van der Waals surface area contributed by atoms with Crippen molar-refractivity contribution in [3.63, 3.8) is 0 Å². The Bertz CT molecular complexity index is 833. The Morgan fingerprint density at radius 3 is 2.64 bits per heavy atom. The van der Waals surface area contributed by atoms with Gasteiger partial charge in [0.15, 0.2) is 9.84 Å². The molecule has 0 amide bonds. The van der Waals surface area contributed by atoms with Gasteiger partial charge in [-0.25, -0.2) is 8.42 Å². The van der Waals surface area contributed by atoms with Gasteiger partial charge >= 0.3 is 7.12 Å². The third kappa shape index (κ3) is 2.68. The molecule has 22 heavy (non-hydrogen) atoms. The predicted molar refractivity (Wildman–Crippen MR) is 79.5 cm³/mol. The quantitative estimate of drug-likeness (QED) is 0.702. The van der Waals surface area contributed by atoms with Gasteiger partial charge in [0, 0.05) is 6.07 Å². The number of phenols is 2. The van der Waals surface area contributed by atoms with Crippen LogP contribution < -0.4 is 5.46 Å². The van der Waals surface area contributed by atoms with Crippen LogP contribution in [0.4, 0.5) is 0 Å². The molecule has 0 fully saturated rings.